The number of nitrogens with zero attached hydrogens (tertiary/aromatic N) is 4. The third-order valence-electron chi connectivity index (χ3n) is 5.34. The van der Waals surface area contributed by atoms with Gasteiger partial charge in [0, 0.05) is 23.2 Å². The Morgan fingerprint density at radius 2 is 1.77 bits per heavy atom. The zero-order chi connectivity index (χ0) is 25.7. The highest BCUT2D eigenvalue weighted by Gasteiger charge is 2.35. The monoisotopic (exact) mass is 501 g/mol. The first-order chi connectivity index (χ1) is 16.2. The van der Waals surface area contributed by atoms with Crippen molar-refractivity contribution in [3.05, 3.63) is 34.1 Å². The van der Waals surface area contributed by atoms with Gasteiger partial charge in [0.1, 0.15) is 21.7 Å². The molecule has 1 atom stereocenters. The van der Waals surface area contributed by atoms with Gasteiger partial charge in [0.2, 0.25) is 0 Å². The van der Waals surface area contributed by atoms with Crippen molar-refractivity contribution in [3.8, 4) is 10.4 Å². The number of aromatic nitrogens is 4. The quantitative estimate of drug-likeness (QED) is 0.524. The lowest BCUT2D eigenvalue weighted by molar-refractivity contribution is 0.0218. The van der Waals surface area contributed by atoms with Gasteiger partial charge in [-0.2, -0.15) is 9.78 Å². The summed E-state index contributed by atoms with van der Waals surface area (Å²) in [7, 11) is 0. The molecule has 1 N–H and O–H groups in total. The molecule has 1 fully saturated rings. The third-order valence-corrected chi connectivity index (χ3v) is 6.50. The van der Waals surface area contributed by atoms with Gasteiger partial charge in [0.15, 0.2) is 0 Å². The molecule has 0 radical (unpaired) electrons. The maximum Gasteiger partial charge on any atom is 0.435 e. The summed E-state index contributed by atoms with van der Waals surface area (Å²) in [5.41, 5.74) is 0.356. The van der Waals surface area contributed by atoms with Gasteiger partial charge in [-0.3, -0.25) is 9.69 Å². The Morgan fingerprint density at radius 3 is 2.43 bits per heavy atom. The largest absolute Gasteiger partial charge is 0.444 e. The molecule has 1 aliphatic heterocycles. The number of hydrogen-bond acceptors (Lipinski definition) is 8. The Bertz CT molecular complexity index is 1340. The number of likely N-dealkylation sites (tertiary alicyclic amines) is 1. The molecule has 3 aromatic rings. The van der Waals surface area contributed by atoms with E-state index in [9.17, 15) is 14.4 Å². The van der Waals surface area contributed by atoms with Crippen LogP contribution in [-0.4, -0.2) is 54.6 Å². The van der Waals surface area contributed by atoms with Crippen LogP contribution in [0.1, 0.15) is 71.9 Å². The summed E-state index contributed by atoms with van der Waals surface area (Å²) in [4.78, 5) is 48.0. The zero-order valence-corrected chi connectivity index (χ0v) is 21.9. The summed E-state index contributed by atoms with van der Waals surface area (Å²) in [5, 5.41) is 4.29. The van der Waals surface area contributed by atoms with Crippen molar-refractivity contribution in [2.24, 2.45) is 0 Å². The number of carbonyl (C=O) groups is 2. The molecule has 10 nitrogen and oxygen atoms in total. The van der Waals surface area contributed by atoms with Crippen LogP contribution in [0.2, 0.25) is 0 Å². The number of H-pyrrole nitrogens is 1. The lowest BCUT2D eigenvalue weighted by Crippen LogP contribution is -2.37. The first kappa shape index (κ1) is 24.9. The predicted molar refractivity (Wildman–Crippen MR) is 133 cm³/mol. The summed E-state index contributed by atoms with van der Waals surface area (Å²) in [5.74, 6) is 0.441. The van der Waals surface area contributed by atoms with Crippen molar-refractivity contribution >= 4 is 33.7 Å². The minimum Gasteiger partial charge on any atom is -0.444 e. The molecular weight excluding hydrogens is 470 g/mol. The molecule has 3 aromatic heterocycles. The van der Waals surface area contributed by atoms with E-state index < -0.39 is 23.4 Å². The van der Waals surface area contributed by atoms with Gasteiger partial charge in [-0.25, -0.2) is 14.6 Å². The molecule has 0 unspecified atom stereocenters. The predicted octanol–water partition coefficient (Wildman–Crippen LogP) is 5.01. The molecule has 188 valence electrons. The van der Waals surface area contributed by atoms with Crippen molar-refractivity contribution in [3.63, 3.8) is 0 Å². The third kappa shape index (κ3) is 5.39. The first-order valence-electron chi connectivity index (χ1n) is 11.6. The molecule has 35 heavy (non-hydrogen) atoms. The van der Waals surface area contributed by atoms with Gasteiger partial charge in [-0.05, 0) is 67.4 Å². The van der Waals surface area contributed by atoms with E-state index in [-0.39, 0.29) is 11.6 Å². The standard InChI is InChI=1S/C24H31N5O5S/c1-13-14(12-29(27-13)22(32)34-24(5,6)7)17-11-15-18(35-17)20(30)26-19(25-15)16-9-8-10-28(16)21(31)33-23(2,3)4/h11-12,16H,8-10H2,1-7H3,(H,25,26,30)/t16-/m0/s1. The number of hydrogen-bond donors (Lipinski definition) is 1. The van der Waals surface area contributed by atoms with Crippen molar-refractivity contribution in [1.82, 2.24) is 24.6 Å². The maximum atomic E-state index is 12.9. The average molecular weight is 502 g/mol. The first-order valence-corrected chi connectivity index (χ1v) is 12.4. The molecule has 0 bridgehead atoms. The number of fused-ring (bicyclic) bond motifs is 1. The Labute approximate surface area is 207 Å². The number of nitrogens with one attached hydrogen (secondary N) is 1. The van der Waals surface area contributed by atoms with E-state index in [1.165, 1.54) is 16.0 Å². The van der Waals surface area contributed by atoms with E-state index in [0.717, 1.165) is 16.9 Å². The molecule has 0 aromatic carbocycles. The van der Waals surface area contributed by atoms with Crippen LogP contribution in [0, 0.1) is 6.92 Å². The van der Waals surface area contributed by atoms with E-state index in [2.05, 4.69) is 10.1 Å². The number of amides is 1. The van der Waals surface area contributed by atoms with Crippen LogP contribution in [0.25, 0.3) is 20.7 Å². The average Bonchev–Trinajstić information content (AvgIpc) is 3.42. The Morgan fingerprint density at radius 1 is 1.11 bits per heavy atom. The smallest absolute Gasteiger partial charge is 0.435 e. The Kier molecular flexibility index (Phi) is 6.25. The number of rotatable bonds is 2. The highest BCUT2D eigenvalue weighted by molar-refractivity contribution is 7.22. The molecular formula is C24H31N5O5S. The second-order valence-corrected chi connectivity index (χ2v) is 11.7. The summed E-state index contributed by atoms with van der Waals surface area (Å²) < 4.78 is 12.6. The van der Waals surface area contributed by atoms with E-state index in [1.807, 2.05) is 26.8 Å². The lowest BCUT2D eigenvalue weighted by Gasteiger charge is -2.28. The van der Waals surface area contributed by atoms with E-state index in [1.54, 1.807) is 38.8 Å². The highest BCUT2D eigenvalue weighted by atomic mass is 32.1. The molecule has 11 heteroatoms. The van der Waals surface area contributed by atoms with E-state index in [4.69, 9.17) is 14.5 Å². The molecule has 4 rings (SSSR count). The summed E-state index contributed by atoms with van der Waals surface area (Å²) in [6, 6.07) is 1.46. The molecule has 0 aliphatic carbocycles. The van der Waals surface area contributed by atoms with Gasteiger partial charge >= 0.3 is 12.2 Å². The van der Waals surface area contributed by atoms with Crippen molar-refractivity contribution in [2.45, 2.75) is 78.6 Å². The van der Waals surface area contributed by atoms with Crippen LogP contribution >= 0.6 is 11.3 Å². The topological polar surface area (TPSA) is 119 Å². The van der Waals surface area contributed by atoms with Gasteiger partial charge < -0.3 is 14.5 Å². The molecule has 1 aliphatic rings. The van der Waals surface area contributed by atoms with Gasteiger partial charge in [-0.15, -0.1) is 11.3 Å². The summed E-state index contributed by atoms with van der Waals surface area (Å²) >= 11 is 1.28. The number of ether oxygens (including phenoxy) is 2. The van der Waals surface area contributed by atoms with Gasteiger partial charge in [-0.1, -0.05) is 0 Å². The minimum atomic E-state index is -0.643. The highest BCUT2D eigenvalue weighted by Crippen LogP contribution is 2.35. The maximum absolute atomic E-state index is 12.9. The number of thiophene rings is 1. The van der Waals surface area contributed by atoms with Crippen LogP contribution < -0.4 is 5.56 Å². The summed E-state index contributed by atoms with van der Waals surface area (Å²) in [6.45, 7) is 13.2. The van der Waals surface area contributed by atoms with Crippen molar-refractivity contribution < 1.29 is 19.1 Å². The zero-order valence-electron chi connectivity index (χ0n) is 21.1. The fourth-order valence-corrected chi connectivity index (χ4v) is 5.00. The van der Waals surface area contributed by atoms with Crippen LogP contribution in [0.3, 0.4) is 0 Å². The minimum absolute atomic E-state index is 0.269. The Balaban J connectivity index is 1.66. The number of aryl methyl sites for hydroxylation is 1. The SMILES string of the molecule is Cc1nn(C(=O)OC(C)(C)C)cc1-c1cc2nc([C@@H]3CCCN3C(=O)OC(C)(C)C)[nH]c(=O)c2s1. The van der Waals surface area contributed by atoms with Crippen molar-refractivity contribution in [1.29, 1.82) is 0 Å². The van der Waals surface area contributed by atoms with Crippen LogP contribution in [0.15, 0.2) is 17.1 Å². The molecule has 1 amide bonds. The van der Waals surface area contributed by atoms with Gasteiger partial charge in [0.25, 0.3) is 5.56 Å². The fourth-order valence-electron chi connectivity index (χ4n) is 3.94. The van der Waals surface area contributed by atoms with Crippen LogP contribution in [-0.2, 0) is 9.47 Å². The van der Waals surface area contributed by atoms with Crippen LogP contribution in [0.4, 0.5) is 9.59 Å². The Hall–Kier alpha value is -3.21. The molecule has 1 saturated heterocycles. The lowest BCUT2D eigenvalue weighted by atomic mass is 10.2. The van der Waals surface area contributed by atoms with Crippen LogP contribution in [0.5, 0.6) is 0 Å². The molecule has 0 saturated carbocycles. The second-order valence-electron chi connectivity index (χ2n) is 10.7. The fraction of sp³-hybridized carbons (Fsp3) is 0.542. The molecule has 4 heterocycles. The normalized spacial score (nSPS) is 16.7. The van der Waals surface area contributed by atoms with E-state index in [0.29, 0.717) is 34.7 Å². The second kappa shape index (κ2) is 8.78. The number of carbonyl (C=O) groups excluding carboxylic acids is 2. The van der Waals surface area contributed by atoms with Gasteiger partial charge in [0.05, 0.1) is 17.3 Å². The van der Waals surface area contributed by atoms with Crippen molar-refractivity contribution in [2.75, 3.05) is 6.54 Å². The summed E-state index contributed by atoms with van der Waals surface area (Å²) in [6.07, 6.45) is 2.09. The molecule has 0 spiro atoms. The number of aromatic amines is 1. The van der Waals surface area contributed by atoms with E-state index >= 15 is 0 Å².